The van der Waals surface area contributed by atoms with Crippen LogP contribution in [0, 0.1) is 0 Å². The third-order valence-corrected chi connectivity index (χ3v) is 2.43. The first-order chi connectivity index (χ1) is 5.20. The number of hydrogen-bond acceptors (Lipinski definition) is 1. The normalized spacial score (nSPS) is 30.3. The molecule has 1 aliphatic carbocycles. The first-order valence-electron chi connectivity index (χ1n) is 4.36. The maximum absolute atomic E-state index is 6.10. The van der Waals surface area contributed by atoms with Gasteiger partial charge in [0.05, 0.1) is 0 Å². The molecule has 62 valence electrons. The van der Waals surface area contributed by atoms with Crippen LogP contribution >= 0.6 is 0 Å². The molecule has 1 rings (SSSR count). The molecule has 0 aliphatic heterocycles. The van der Waals surface area contributed by atoms with Gasteiger partial charge >= 0.3 is 0 Å². The van der Waals surface area contributed by atoms with Crippen LogP contribution in [0.2, 0.25) is 0 Å². The fraction of sp³-hybridized carbons (Fsp3) is 0.600. The summed E-state index contributed by atoms with van der Waals surface area (Å²) in [6.45, 7) is 4.32. The van der Waals surface area contributed by atoms with E-state index in [0.29, 0.717) is 0 Å². The van der Waals surface area contributed by atoms with Gasteiger partial charge in [-0.05, 0) is 19.3 Å². The van der Waals surface area contributed by atoms with Crippen LogP contribution in [-0.2, 0) is 0 Å². The monoisotopic (exact) mass is 151 g/mol. The van der Waals surface area contributed by atoms with Crippen molar-refractivity contribution in [2.24, 2.45) is 5.73 Å². The van der Waals surface area contributed by atoms with Gasteiger partial charge in [-0.15, -0.1) is 0 Å². The second-order valence-corrected chi connectivity index (χ2v) is 3.30. The van der Waals surface area contributed by atoms with E-state index in [0.717, 1.165) is 19.3 Å². The van der Waals surface area contributed by atoms with Crippen LogP contribution in [-0.4, -0.2) is 5.54 Å². The van der Waals surface area contributed by atoms with E-state index >= 15 is 0 Å². The molecule has 0 spiro atoms. The molecule has 1 unspecified atom stereocenters. The van der Waals surface area contributed by atoms with Crippen molar-refractivity contribution in [3.05, 3.63) is 23.8 Å². The Labute approximate surface area is 69.0 Å². The minimum absolute atomic E-state index is 0.0555. The predicted molar refractivity (Wildman–Crippen MR) is 49.3 cm³/mol. The van der Waals surface area contributed by atoms with Gasteiger partial charge in [-0.1, -0.05) is 37.6 Å². The Balaban J connectivity index is 2.68. The maximum Gasteiger partial charge on any atom is 0.0377 e. The van der Waals surface area contributed by atoms with Crippen molar-refractivity contribution in [2.75, 3.05) is 0 Å². The highest BCUT2D eigenvalue weighted by Gasteiger charge is 2.21. The summed E-state index contributed by atoms with van der Waals surface area (Å²) < 4.78 is 0. The quantitative estimate of drug-likeness (QED) is 0.644. The molecule has 0 radical (unpaired) electrons. The van der Waals surface area contributed by atoms with E-state index in [1.54, 1.807) is 0 Å². The predicted octanol–water partition coefficient (Wildman–Crippen LogP) is 2.39. The Morgan fingerprint density at radius 1 is 1.55 bits per heavy atom. The summed E-state index contributed by atoms with van der Waals surface area (Å²) in [5.41, 5.74) is 7.51. The van der Waals surface area contributed by atoms with Gasteiger partial charge in [-0.2, -0.15) is 0 Å². The molecule has 0 heterocycles. The minimum atomic E-state index is -0.0555. The summed E-state index contributed by atoms with van der Waals surface area (Å²) >= 11 is 0. The standard InChI is InChI=1S/C10H17N/c1-3-9-6-5-7-10(11,4-2)8-9/h5-7H,3-4,8,11H2,1-2H3. The smallest absolute Gasteiger partial charge is 0.0377 e. The maximum atomic E-state index is 6.10. The van der Waals surface area contributed by atoms with Gasteiger partial charge in [0.2, 0.25) is 0 Å². The highest BCUT2D eigenvalue weighted by Crippen LogP contribution is 2.24. The van der Waals surface area contributed by atoms with Crippen molar-refractivity contribution >= 4 is 0 Å². The van der Waals surface area contributed by atoms with Crippen LogP contribution in [0.4, 0.5) is 0 Å². The first-order valence-corrected chi connectivity index (χ1v) is 4.36. The summed E-state index contributed by atoms with van der Waals surface area (Å²) in [4.78, 5) is 0. The SMILES string of the molecule is CCC1=CC=CC(N)(CC)C1. The van der Waals surface area contributed by atoms with Gasteiger partial charge in [0.25, 0.3) is 0 Å². The van der Waals surface area contributed by atoms with E-state index in [-0.39, 0.29) is 5.54 Å². The Hall–Kier alpha value is -0.560. The average molecular weight is 151 g/mol. The molecule has 11 heavy (non-hydrogen) atoms. The average Bonchev–Trinajstić information content (AvgIpc) is 2.05. The van der Waals surface area contributed by atoms with Crippen LogP contribution in [0.1, 0.15) is 33.1 Å². The second kappa shape index (κ2) is 3.22. The van der Waals surface area contributed by atoms with Crippen molar-refractivity contribution in [1.82, 2.24) is 0 Å². The molecule has 1 atom stereocenters. The molecule has 0 aromatic carbocycles. The molecule has 0 aromatic rings. The van der Waals surface area contributed by atoms with Crippen LogP contribution in [0.3, 0.4) is 0 Å². The highest BCUT2D eigenvalue weighted by atomic mass is 14.7. The number of hydrogen-bond donors (Lipinski definition) is 1. The van der Waals surface area contributed by atoms with Gasteiger partial charge in [-0.25, -0.2) is 0 Å². The molecule has 1 nitrogen and oxygen atoms in total. The molecule has 1 aliphatic rings. The van der Waals surface area contributed by atoms with E-state index in [4.69, 9.17) is 5.73 Å². The molecule has 0 saturated carbocycles. The zero-order valence-corrected chi connectivity index (χ0v) is 7.43. The zero-order chi connectivity index (χ0) is 8.32. The fourth-order valence-electron chi connectivity index (χ4n) is 1.40. The fourth-order valence-corrected chi connectivity index (χ4v) is 1.40. The van der Waals surface area contributed by atoms with Crippen LogP contribution in [0.5, 0.6) is 0 Å². The molecule has 0 amide bonds. The van der Waals surface area contributed by atoms with Crippen molar-refractivity contribution in [1.29, 1.82) is 0 Å². The van der Waals surface area contributed by atoms with E-state index in [2.05, 4.69) is 32.1 Å². The molecule has 0 bridgehead atoms. The van der Waals surface area contributed by atoms with E-state index < -0.39 is 0 Å². The first kappa shape index (κ1) is 8.54. The van der Waals surface area contributed by atoms with Gasteiger partial charge in [0.1, 0.15) is 0 Å². The van der Waals surface area contributed by atoms with Gasteiger partial charge in [0, 0.05) is 5.54 Å². The molecule has 1 heteroatoms. The summed E-state index contributed by atoms with van der Waals surface area (Å²) in [6, 6.07) is 0. The summed E-state index contributed by atoms with van der Waals surface area (Å²) in [7, 11) is 0. The van der Waals surface area contributed by atoms with Gasteiger partial charge in [-0.3, -0.25) is 0 Å². The van der Waals surface area contributed by atoms with Crippen molar-refractivity contribution in [3.63, 3.8) is 0 Å². The van der Waals surface area contributed by atoms with E-state index in [9.17, 15) is 0 Å². The lowest BCUT2D eigenvalue weighted by Gasteiger charge is -2.27. The highest BCUT2D eigenvalue weighted by molar-refractivity contribution is 5.26. The zero-order valence-electron chi connectivity index (χ0n) is 7.43. The third kappa shape index (κ3) is 1.93. The Morgan fingerprint density at radius 3 is 2.82 bits per heavy atom. The van der Waals surface area contributed by atoms with E-state index in [1.165, 1.54) is 5.57 Å². The molecule has 2 N–H and O–H groups in total. The Bertz CT molecular complexity index is 191. The molecular formula is C10H17N. The van der Waals surface area contributed by atoms with Crippen LogP contribution < -0.4 is 5.73 Å². The molecular weight excluding hydrogens is 134 g/mol. The second-order valence-electron chi connectivity index (χ2n) is 3.30. The van der Waals surface area contributed by atoms with E-state index in [1.807, 2.05) is 0 Å². The number of allylic oxidation sites excluding steroid dienone is 2. The van der Waals surface area contributed by atoms with Crippen molar-refractivity contribution in [2.45, 2.75) is 38.6 Å². The van der Waals surface area contributed by atoms with Crippen LogP contribution in [0.25, 0.3) is 0 Å². The van der Waals surface area contributed by atoms with Gasteiger partial charge in [0.15, 0.2) is 0 Å². The number of rotatable bonds is 2. The van der Waals surface area contributed by atoms with Crippen molar-refractivity contribution in [3.8, 4) is 0 Å². The van der Waals surface area contributed by atoms with Crippen molar-refractivity contribution < 1.29 is 0 Å². The molecule has 0 saturated heterocycles. The van der Waals surface area contributed by atoms with Crippen LogP contribution in [0.15, 0.2) is 23.8 Å². The summed E-state index contributed by atoms with van der Waals surface area (Å²) in [5, 5.41) is 0. The summed E-state index contributed by atoms with van der Waals surface area (Å²) in [6.07, 6.45) is 9.58. The lowest BCUT2D eigenvalue weighted by atomic mass is 9.84. The topological polar surface area (TPSA) is 26.0 Å². The Morgan fingerprint density at radius 2 is 2.27 bits per heavy atom. The minimum Gasteiger partial charge on any atom is -0.322 e. The lowest BCUT2D eigenvalue weighted by molar-refractivity contribution is 0.494. The number of nitrogens with two attached hydrogens (primary N) is 1. The lowest BCUT2D eigenvalue weighted by Crippen LogP contribution is -2.38. The molecule has 0 aromatic heterocycles. The summed E-state index contributed by atoms with van der Waals surface area (Å²) in [5.74, 6) is 0. The Kier molecular flexibility index (Phi) is 2.50. The van der Waals surface area contributed by atoms with Gasteiger partial charge < -0.3 is 5.73 Å². The largest absolute Gasteiger partial charge is 0.322 e. The molecule has 0 fully saturated rings. The third-order valence-electron chi connectivity index (χ3n) is 2.43.